The summed E-state index contributed by atoms with van der Waals surface area (Å²) in [6.45, 7) is 4.05. The molecule has 0 amide bonds. The van der Waals surface area contributed by atoms with Crippen molar-refractivity contribution in [2.75, 3.05) is 51.5 Å². The SMILES string of the molecule is COc1cc(N2CCN(C)CC2)ccc1-c1nc2c(c(C3CCCCC3)nn2C)c(=O)[nH]1.CS(=O)(=O)O. The van der Waals surface area contributed by atoms with Crippen molar-refractivity contribution >= 4 is 26.8 Å². The Morgan fingerprint density at radius 2 is 1.73 bits per heavy atom. The first-order valence-corrected chi connectivity index (χ1v) is 14.4. The lowest BCUT2D eigenvalue weighted by molar-refractivity contribution is 0.312. The van der Waals surface area contributed by atoms with E-state index in [1.165, 1.54) is 19.3 Å². The van der Waals surface area contributed by atoms with Crippen molar-refractivity contribution in [2.45, 2.75) is 38.0 Å². The maximum Gasteiger partial charge on any atom is 0.262 e. The van der Waals surface area contributed by atoms with Gasteiger partial charge in [-0.25, -0.2) is 9.67 Å². The number of methoxy groups -OCH3 is 1. The molecule has 1 aliphatic carbocycles. The van der Waals surface area contributed by atoms with E-state index < -0.39 is 10.1 Å². The molecule has 12 heteroatoms. The molecule has 0 atom stereocenters. The van der Waals surface area contributed by atoms with E-state index in [2.05, 4.69) is 27.9 Å². The molecule has 2 fully saturated rings. The summed E-state index contributed by atoms with van der Waals surface area (Å²) in [6, 6.07) is 6.13. The van der Waals surface area contributed by atoms with Gasteiger partial charge in [0.05, 0.1) is 24.6 Å². The van der Waals surface area contributed by atoms with E-state index in [1.54, 1.807) is 11.8 Å². The lowest BCUT2D eigenvalue weighted by Crippen LogP contribution is -2.44. The van der Waals surface area contributed by atoms with Gasteiger partial charge in [-0.2, -0.15) is 13.5 Å². The van der Waals surface area contributed by atoms with Crippen LogP contribution in [-0.2, 0) is 17.2 Å². The second kappa shape index (κ2) is 11.2. The lowest BCUT2D eigenvalue weighted by Gasteiger charge is -2.34. The number of likely N-dealkylation sites (N-methyl/N-ethyl adjacent to an activating group) is 1. The normalized spacial score (nSPS) is 17.5. The van der Waals surface area contributed by atoms with Crippen molar-refractivity contribution in [3.8, 4) is 17.1 Å². The minimum absolute atomic E-state index is 0.121. The zero-order valence-electron chi connectivity index (χ0n) is 21.9. The highest BCUT2D eigenvalue weighted by atomic mass is 32.2. The predicted octanol–water partition coefficient (Wildman–Crippen LogP) is 2.64. The summed E-state index contributed by atoms with van der Waals surface area (Å²) in [7, 11) is 2.02. The average Bonchev–Trinajstić information content (AvgIpc) is 3.20. The first kappa shape index (κ1) is 27.1. The molecule has 0 spiro atoms. The van der Waals surface area contributed by atoms with Crippen molar-refractivity contribution in [1.82, 2.24) is 24.6 Å². The third kappa shape index (κ3) is 6.49. The maximum atomic E-state index is 13.2. The summed E-state index contributed by atoms with van der Waals surface area (Å²) in [6.07, 6.45) is 6.56. The van der Waals surface area contributed by atoms with Crippen LogP contribution in [-0.4, -0.2) is 84.2 Å². The van der Waals surface area contributed by atoms with E-state index in [4.69, 9.17) is 19.4 Å². The number of aromatic nitrogens is 4. The largest absolute Gasteiger partial charge is 0.496 e. The molecule has 0 radical (unpaired) electrons. The summed E-state index contributed by atoms with van der Waals surface area (Å²) in [5.41, 5.74) is 3.32. The van der Waals surface area contributed by atoms with Crippen LogP contribution in [0.2, 0.25) is 0 Å². The number of ether oxygens (including phenoxy) is 1. The maximum absolute atomic E-state index is 13.2. The Balaban J connectivity index is 0.000000586. The first-order chi connectivity index (χ1) is 17.5. The van der Waals surface area contributed by atoms with E-state index in [0.29, 0.717) is 34.8 Å². The Hall–Kier alpha value is -2.96. The Bertz CT molecular complexity index is 1390. The third-order valence-electron chi connectivity index (χ3n) is 7.02. The van der Waals surface area contributed by atoms with Crippen LogP contribution < -0.4 is 15.2 Å². The molecule has 0 bridgehead atoms. The Morgan fingerprint density at radius 3 is 2.35 bits per heavy atom. The molecule has 1 saturated heterocycles. The number of hydrogen-bond donors (Lipinski definition) is 2. The Labute approximate surface area is 217 Å². The molecule has 2 aliphatic rings. The number of piperazine rings is 1. The monoisotopic (exact) mass is 532 g/mol. The smallest absolute Gasteiger partial charge is 0.262 e. The summed E-state index contributed by atoms with van der Waals surface area (Å²) in [4.78, 5) is 25.7. The van der Waals surface area contributed by atoms with Crippen molar-refractivity contribution in [3.05, 3.63) is 34.2 Å². The fraction of sp³-hybridized carbons (Fsp3) is 0.560. The molecule has 0 unspecified atom stereocenters. The Kier molecular flexibility index (Phi) is 8.20. The third-order valence-corrected chi connectivity index (χ3v) is 7.02. The summed E-state index contributed by atoms with van der Waals surface area (Å²) in [5, 5.41) is 5.36. The standard InChI is InChI=1S/C24H32N6O2.CH4O3S/c1-28-11-13-30(14-12-28)17-9-10-18(19(15-17)32-3)22-25-23-20(24(31)26-22)21(27-29(23)2)16-7-5-4-6-8-16;1-5(2,3)4/h9-10,15-16H,4-8,11-14H2,1-3H3,(H,25,26,31);1H3,(H,2,3,4). The van der Waals surface area contributed by atoms with Crippen LogP contribution in [0.25, 0.3) is 22.4 Å². The second-order valence-corrected chi connectivity index (χ2v) is 11.3. The topological polar surface area (TPSA) is 134 Å². The Morgan fingerprint density at radius 1 is 1.08 bits per heavy atom. The van der Waals surface area contributed by atoms with Crippen LogP contribution in [0, 0.1) is 0 Å². The quantitative estimate of drug-likeness (QED) is 0.486. The van der Waals surface area contributed by atoms with Crippen LogP contribution in [0.5, 0.6) is 5.75 Å². The summed E-state index contributed by atoms with van der Waals surface area (Å²) >= 11 is 0. The number of nitrogens with one attached hydrogen (secondary N) is 1. The number of aromatic amines is 1. The van der Waals surface area contributed by atoms with Crippen LogP contribution in [0.4, 0.5) is 5.69 Å². The molecule has 37 heavy (non-hydrogen) atoms. The number of anilines is 1. The second-order valence-electron chi connectivity index (χ2n) is 9.86. The van der Waals surface area contributed by atoms with Crippen LogP contribution >= 0.6 is 0 Å². The van der Waals surface area contributed by atoms with Crippen molar-refractivity contribution < 1.29 is 17.7 Å². The van der Waals surface area contributed by atoms with Gasteiger partial charge in [0.1, 0.15) is 17.0 Å². The molecule has 2 N–H and O–H groups in total. The van der Waals surface area contributed by atoms with Gasteiger partial charge in [0.15, 0.2) is 5.65 Å². The van der Waals surface area contributed by atoms with Gasteiger partial charge in [-0.3, -0.25) is 9.35 Å². The average molecular weight is 533 g/mol. The molecule has 1 saturated carbocycles. The van der Waals surface area contributed by atoms with Gasteiger partial charge in [0.2, 0.25) is 0 Å². The van der Waals surface area contributed by atoms with Gasteiger partial charge < -0.3 is 19.5 Å². The van der Waals surface area contributed by atoms with Crippen molar-refractivity contribution in [1.29, 1.82) is 0 Å². The molecular weight excluding hydrogens is 496 g/mol. The molecule has 3 aromatic rings. The van der Waals surface area contributed by atoms with E-state index >= 15 is 0 Å². The zero-order chi connectivity index (χ0) is 26.7. The highest BCUT2D eigenvalue weighted by molar-refractivity contribution is 7.85. The molecule has 2 aromatic heterocycles. The number of rotatable bonds is 4. The van der Waals surface area contributed by atoms with Gasteiger partial charge in [-0.05, 0) is 32.0 Å². The van der Waals surface area contributed by atoms with Gasteiger partial charge in [-0.1, -0.05) is 19.3 Å². The van der Waals surface area contributed by atoms with Crippen LogP contribution in [0.15, 0.2) is 23.0 Å². The molecule has 11 nitrogen and oxygen atoms in total. The minimum atomic E-state index is -3.67. The fourth-order valence-corrected chi connectivity index (χ4v) is 5.11. The van der Waals surface area contributed by atoms with E-state index in [-0.39, 0.29) is 5.56 Å². The molecular formula is C25H36N6O5S. The number of fused-ring (bicyclic) bond motifs is 1. The van der Waals surface area contributed by atoms with Gasteiger partial charge in [-0.15, -0.1) is 0 Å². The highest BCUT2D eigenvalue weighted by Crippen LogP contribution is 2.36. The van der Waals surface area contributed by atoms with Crippen molar-refractivity contribution in [2.24, 2.45) is 7.05 Å². The lowest BCUT2D eigenvalue weighted by atomic mass is 9.86. The van der Waals surface area contributed by atoms with Gasteiger partial charge in [0.25, 0.3) is 15.7 Å². The molecule has 202 valence electrons. The van der Waals surface area contributed by atoms with E-state index in [1.807, 2.05) is 19.2 Å². The number of hydrogen-bond acceptors (Lipinski definition) is 8. The summed E-state index contributed by atoms with van der Waals surface area (Å²) < 4.78 is 33.3. The van der Waals surface area contributed by atoms with E-state index in [0.717, 1.165) is 56.0 Å². The number of H-pyrrole nitrogens is 1. The van der Waals surface area contributed by atoms with Crippen molar-refractivity contribution in [3.63, 3.8) is 0 Å². The number of benzene rings is 1. The number of aryl methyl sites for hydroxylation is 1. The predicted molar refractivity (Wildman–Crippen MR) is 144 cm³/mol. The number of nitrogens with zero attached hydrogens (tertiary/aromatic N) is 5. The van der Waals surface area contributed by atoms with Crippen LogP contribution in [0.3, 0.4) is 0 Å². The minimum Gasteiger partial charge on any atom is -0.496 e. The van der Waals surface area contributed by atoms with Gasteiger partial charge >= 0.3 is 0 Å². The first-order valence-electron chi connectivity index (χ1n) is 12.6. The van der Waals surface area contributed by atoms with E-state index in [9.17, 15) is 13.2 Å². The fourth-order valence-electron chi connectivity index (χ4n) is 5.11. The molecule has 5 rings (SSSR count). The molecule has 1 aliphatic heterocycles. The summed E-state index contributed by atoms with van der Waals surface area (Å²) in [5.74, 6) is 1.57. The molecule has 3 heterocycles. The molecule has 1 aromatic carbocycles. The zero-order valence-corrected chi connectivity index (χ0v) is 22.7. The van der Waals surface area contributed by atoms with Crippen LogP contribution in [0.1, 0.15) is 43.7 Å². The highest BCUT2D eigenvalue weighted by Gasteiger charge is 2.25. The van der Waals surface area contributed by atoms with Gasteiger partial charge in [0, 0.05) is 50.9 Å².